The van der Waals surface area contributed by atoms with Crippen molar-refractivity contribution in [3.8, 4) is 0 Å². The third kappa shape index (κ3) is 3.03. The molecule has 1 N–H and O–H groups in total. The first kappa shape index (κ1) is 12.9. The Kier molecular flexibility index (Phi) is 3.89. The minimum atomic E-state index is -0.710. The van der Waals surface area contributed by atoms with Crippen molar-refractivity contribution in [1.82, 2.24) is 5.48 Å². The molecule has 5 heteroatoms. The molecule has 18 heavy (non-hydrogen) atoms. The molecule has 0 aliphatic carbocycles. The summed E-state index contributed by atoms with van der Waals surface area (Å²) in [6, 6.07) is 7.25. The standard InChI is InChI=1S/C13H14ClNO3/c1-8(2)17-13(16)12-7-11(15-18-12)9-3-5-10(14)6-4-9/h3-8,12,15H,1-2H3. The molecule has 0 fully saturated rings. The number of carbonyl (C=O) groups excluding carboxylic acids is 1. The molecule has 0 radical (unpaired) electrons. The second-order valence-corrected chi connectivity index (χ2v) is 4.65. The molecule has 4 nitrogen and oxygen atoms in total. The first-order chi connectivity index (χ1) is 8.56. The number of nitrogens with one attached hydrogen (secondary N) is 1. The van der Waals surface area contributed by atoms with E-state index in [2.05, 4.69) is 5.48 Å². The van der Waals surface area contributed by atoms with Gasteiger partial charge in [0, 0.05) is 5.02 Å². The Morgan fingerprint density at radius 3 is 2.67 bits per heavy atom. The smallest absolute Gasteiger partial charge is 0.342 e. The Labute approximate surface area is 110 Å². The van der Waals surface area contributed by atoms with Gasteiger partial charge in [0.2, 0.25) is 6.10 Å². The highest BCUT2D eigenvalue weighted by Crippen LogP contribution is 2.21. The molecule has 1 aliphatic rings. The Balaban J connectivity index is 2.08. The van der Waals surface area contributed by atoms with Gasteiger partial charge in [-0.1, -0.05) is 23.7 Å². The summed E-state index contributed by atoms with van der Waals surface area (Å²) in [7, 11) is 0. The summed E-state index contributed by atoms with van der Waals surface area (Å²) in [6.45, 7) is 3.59. The second kappa shape index (κ2) is 5.42. The topological polar surface area (TPSA) is 47.6 Å². The lowest BCUT2D eigenvalue weighted by Gasteiger charge is -2.10. The molecular formula is C13H14ClNO3. The maximum atomic E-state index is 11.6. The largest absolute Gasteiger partial charge is 0.461 e. The molecule has 1 atom stereocenters. The van der Waals surface area contributed by atoms with Crippen LogP contribution in [0, 0.1) is 0 Å². The molecule has 1 aliphatic heterocycles. The van der Waals surface area contributed by atoms with Gasteiger partial charge in [-0.15, -0.1) is 0 Å². The fraction of sp³-hybridized carbons (Fsp3) is 0.308. The van der Waals surface area contributed by atoms with Crippen molar-refractivity contribution in [2.45, 2.75) is 26.1 Å². The molecule has 2 rings (SSSR count). The maximum absolute atomic E-state index is 11.6. The monoisotopic (exact) mass is 267 g/mol. The lowest BCUT2D eigenvalue weighted by atomic mass is 10.1. The van der Waals surface area contributed by atoms with E-state index in [1.54, 1.807) is 32.1 Å². The summed E-state index contributed by atoms with van der Waals surface area (Å²) >= 11 is 5.81. The zero-order valence-corrected chi connectivity index (χ0v) is 10.9. The van der Waals surface area contributed by atoms with Gasteiger partial charge in [0.1, 0.15) is 0 Å². The minimum Gasteiger partial charge on any atom is -0.461 e. The van der Waals surface area contributed by atoms with Crippen LogP contribution < -0.4 is 5.48 Å². The zero-order valence-electron chi connectivity index (χ0n) is 10.1. The third-order valence-electron chi connectivity index (χ3n) is 2.35. The van der Waals surface area contributed by atoms with Gasteiger partial charge in [-0.25, -0.2) is 4.79 Å². The van der Waals surface area contributed by atoms with E-state index in [0.29, 0.717) is 5.02 Å². The number of rotatable bonds is 3. The van der Waals surface area contributed by atoms with Crippen LogP contribution in [0.3, 0.4) is 0 Å². The van der Waals surface area contributed by atoms with Crippen LogP contribution in [0.4, 0.5) is 0 Å². The first-order valence-electron chi connectivity index (χ1n) is 5.66. The van der Waals surface area contributed by atoms with E-state index in [1.165, 1.54) is 0 Å². The average Bonchev–Trinajstić information content (AvgIpc) is 2.78. The molecule has 0 spiro atoms. The number of halogens is 1. The van der Waals surface area contributed by atoms with E-state index in [0.717, 1.165) is 11.3 Å². The zero-order chi connectivity index (χ0) is 13.1. The van der Waals surface area contributed by atoms with Crippen molar-refractivity contribution >= 4 is 23.3 Å². The first-order valence-corrected chi connectivity index (χ1v) is 6.04. The molecule has 0 amide bonds. The number of benzene rings is 1. The van der Waals surface area contributed by atoms with Gasteiger partial charge in [0.05, 0.1) is 11.8 Å². The summed E-state index contributed by atoms with van der Waals surface area (Å²) in [6.07, 6.45) is 0.820. The number of esters is 1. The summed E-state index contributed by atoms with van der Waals surface area (Å²) < 4.78 is 5.07. The van der Waals surface area contributed by atoms with Crippen molar-refractivity contribution in [3.05, 3.63) is 40.9 Å². The van der Waals surface area contributed by atoms with Gasteiger partial charge >= 0.3 is 5.97 Å². The number of hydroxylamine groups is 1. The minimum absolute atomic E-state index is 0.158. The number of carbonyl (C=O) groups is 1. The van der Waals surface area contributed by atoms with Gasteiger partial charge in [0.15, 0.2) is 0 Å². The molecule has 1 aromatic carbocycles. The van der Waals surface area contributed by atoms with Crippen molar-refractivity contribution in [2.24, 2.45) is 0 Å². The predicted octanol–water partition coefficient (Wildman–Crippen LogP) is 2.54. The summed E-state index contributed by atoms with van der Waals surface area (Å²) in [5, 5.41) is 0.661. The lowest BCUT2D eigenvalue weighted by Crippen LogP contribution is -2.26. The average molecular weight is 268 g/mol. The Morgan fingerprint density at radius 2 is 2.06 bits per heavy atom. The number of hydrogen-bond donors (Lipinski definition) is 1. The molecule has 1 heterocycles. The van der Waals surface area contributed by atoms with E-state index in [9.17, 15) is 4.79 Å². The summed E-state index contributed by atoms with van der Waals surface area (Å²) in [4.78, 5) is 16.8. The SMILES string of the molecule is CC(C)OC(=O)C1C=C(c2ccc(Cl)cc2)NO1. The molecule has 0 aromatic heterocycles. The van der Waals surface area contributed by atoms with E-state index in [1.807, 2.05) is 12.1 Å². The van der Waals surface area contributed by atoms with Crippen LogP contribution >= 0.6 is 11.6 Å². The highest BCUT2D eigenvalue weighted by atomic mass is 35.5. The summed E-state index contributed by atoms with van der Waals surface area (Å²) in [5.74, 6) is -0.401. The molecule has 0 saturated carbocycles. The van der Waals surface area contributed by atoms with Crippen LogP contribution in [0.5, 0.6) is 0 Å². The Bertz CT molecular complexity index is 468. The van der Waals surface area contributed by atoms with E-state index < -0.39 is 12.1 Å². The van der Waals surface area contributed by atoms with E-state index in [4.69, 9.17) is 21.2 Å². The van der Waals surface area contributed by atoms with Gasteiger partial charge in [-0.3, -0.25) is 10.3 Å². The van der Waals surface area contributed by atoms with Crippen LogP contribution in [0.15, 0.2) is 30.3 Å². The third-order valence-corrected chi connectivity index (χ3v) is 2.61. The molecule has 0 saturated heterocycles. The van der Waals surface area contributed by atoms with Crippen LogP contribution in [0.2, 0.25) is 5.02 Å². The van der Waals surface area contributed by atoms with E-state index >= 15 is 0 Å². The predicted molar refractivity (Wildman–Crippen MR) is 68.7 cm³/mol. The fourth-order valence-corrected chi connectivity index (χ4v) is 1.67. The van der Waals surface area contributed by atoms with Crippen LogP contribution in [-0.4, -0.2) is 18.2 Å². The molecule has 96 valence electrons. The van der Waals surface area contributed by atoms with Crippen LogP contribution in [0.1, 0.15) is 19.4 Å². The molecule has 1 aromatic rings. The molecular weight excluding hydrogens is 254 g/mol. The Hall–Kier alpha value is -1.52. The van der Waals surface area contributed by atoms with Crippen molar-refractivity contribution in [1.29, 1.82) is 0 Å². The molecule has 0 bridgehead atoms. The maximum Gasteiger partial charge on any atom is 0.342 e. The second-order valence-electron chi connectivity index (χ2n) is 4.21. The van der Waals surface area contributed by atoms with E-state index in [-0.39, 0.29) is 6.10 Å². The highest BCUT2D eigenvalue weighted by molar-refractivity contribution is 6.30. The van der Waals surface area contributed by atoms with Crippen molar-refractivity contribution in [3.63, 3.8) is 0 Å². The number of hydrogen-bond acceptors (Lipinski definition) is 4. The van der Waals surface area contributed by atoms with Gasteiger partial charge in [0.25, 0.3) is 0 Å². The van der Waals surface area contributed by atoms with Crippen molar-refractivity contribution in [2.75, 3.05) is 0 Å². The Morgan fingerprint density at radius 1 is 1.39 bits per heavy atom. The van der Waals surface area contributed by atoms with Gasteiger partial charge in [-0.05, 0) is 37.6 Å². The summed E-state index contributed by atoms with van der Waals surface area (Å²) in [5.41, 5.74) is 4.35. The quantitative estimate of drug-likeness (QED) is 0.855. The normalized spacial score (nSPS) is 18.4. The van der Waals surface area contributed by atoms with Crippen molar-refractivity contribution < 1.29 is 14.4 Å². The van der Waals surface area contributed by atoms with Crippen LogP contribution in [0.25, 0.3) is 5.70 Å². The highest BCUT2D eigenvalue weighted by Gasteiger charge is 2.26. The molecule has 1 unspecified atom stereocenters. The van der Waals surface area contributed by atoms with Gasteiger partial charge < -0.3 is 4.74 Å². The fourth-order valence-electron chi connectivity index (χ4n) is 1.55. The lowest BCUT2D eigenvalue weighted by molar-refractivity contribution is -0.159. The number of ether oxygens (including phenoxy) is 1. The van der Waals surface area contributed by atoms with Gasteiger partial charge in [-0.2, -0.15) is 0 Å². The van der Waals surface area contributed by atoms with Crippen LogP contribution in [-0.2, 0) is 14.4 Å².